The molecule has 0 saturated heterocycles. The second-order valence-corrected chi connectivity index (χ2v) is 10.2. The molecule has 7 atom stereocenters. The molecule has 4 aliphatic carbocycles. The van der Waals surface area contributed by atoms with E-state index in [1.165, 1.54) is 19.9 Å². The Morgan fingerprint density at radius 3 is 2.43 bits per heavy atom. The molecule has 164 valence electrons. The Labute approximate surface area is 177 Å². The van der Waals surface area contributed by atoms with Crippen molar-refractivity contribution < 1.29 is 29.3 Å². The molecule has 6 heteroatoms. The van der Waals surface area contributed by atoms with Gasteiger partial charge in [0.05, 0.1) is 6.61 Å². The van der Waals surface area contributed by atoms with Crippen LogP contribution in [0.15, 0.2) is 23.3 Å². The molecule has 2 saturated carbocycles. The third kappa shape index (κ3) is 2.65. The van der Waals surface area contributed by atoms with E-state index in [0.29, 0.717) is 12.8 Å². The Kier molecular flexibility index (Phi) is 4.90. The van der Waals surface area contributed by atoms with Crippen molar-refractivity contribution in [3.05, 3.63) is 23.3 Å². The van der Waals surface area contributed by atoms with Crippen LogP contribution in [0.2, 0.25) is 0 Å². The minimum Gasteiger partial charge on any atom is -0.451 e. The maximum Gasteiger partial charge on any atom is 0.303 e. The van der Waals surface area contributed by atoms with Crippen LogP contribution in [0.4, 0.5) is 0 Å². The van der Waals surface area contributed by atoms with Gasteiger partial charge < -0.3 is 14.9 Å². The zero-order chi connectivity index (χ0) is 22.1. The van der Waals surface area contributed by atoms with Crippen LogP contribution in [0.5, 0.6) is 0 Å². The van der Waals surface area contributed by atoms with Gasteiger partial charge in [0, 0.05) is 12.3 Å². The fourth-order valence-corrected chi connectivity index (χ4v) is 7.52. The van der Waals surface area contributed by atoms with E-state index in [0.717, 1.165) is 30.4 Å². The first-order chi connectivity index (χ1) is 14.0. The van der Waals surface area contributed by atoms with Gasteiger partial charge in [-0.1, -0.05) is 19.9 Å². The van der Waals surface area contributed by atoms with Crippen LogP contribution in [0.25, 0.3) is 0 Å². The van der Waals surface area contributed by atoms with Crippen LogP contribution >= 0.6 is 0 Å². The number of rotatable bonds is 3. The third-order valence-electron chi connectivity index (χ3n) is 8.91. The first-order valence-corrected chi connectivity index (χ1v) is 11.0. The van der Waals surface area contributed by atoms with Crippen molar-refractivity contribution in [1.82, 2.24) is 0 Å². The van der Waals surface area contributed by atoms with Crippen molar-refractivity contribution in [2.45, 2.75) is 71.5 Å². The smallest absolute Gasteiger partial charge is 0.303 e. The minimum absolute atomic E-state index is 0.0882. The summed E-state index contributed by atoms with van der Waals surface area (Å²) in [6.45, 7) is 6.88. The molecule has 0 amide bonds. The van der Waals surface area contributed by atoms with Crippen LogP contribution in [0.1, 0.15) is 59.8 Å². The summed E-state index contributed by atoms with van der Waals surface area (Å²) < 4.78 is 5.77. The number of allylic oxidation sites excluding steroid dienone is 1. The summed E-state index contributed by atoms with van der Waals surface area (Å²) in [6.07, 6.45) is 5.75. The van der Waals surface area contributed by atoms with Gasteiger partial charge >= 0.3 is 5.97 Å². The molecule has 0 heterocycles. The molecule has 0 aromatic carbocycles. The molecule has 0 radical (unpaired) electrons. The van der Waals surface area contributed by atoms with E-state index in [4.69, 9.17) is 4.74 Å². The highest BCUT2D eigenvalue weighted by Crippen LogP contribution is 2.67. The van der Waals surface area contributed by atoms with Gasteiger partial charge in [-0.2, -0.15) is 0 Å². The molecule has 0 aromatic rings. The summed E-state index contributed by atoms with van der Waals surface area (Å²) in [6, 6.07) is 0. The summed E-state index contributed by atoms with van der Waals surface area (Å²) in [5.74, 6) is -0.434. The van der Waals surface area contributed by atoms with Gasteiger partial charge in [0.1, 0.15) is 6.10 Å². The van der Waals surface area contributed by atoms with E-state index in [-0.39, 0.29) is 35.9 Å². The number of carbonyl (C=O) groups excluding carboxylic acids is 3. The maximum absolute atomic E-state index is 12.8. The zero-order valence-corrected chi connectivity index (χ0v) is 18.2. The number of ether oxygens (including phenoxy) is 1. The molecular formula is C24H32O6. The minimum atomic E-state index is -1.11. The number of fused-ring (bicyclic) bond motifs is 5. The summed E-state index contributed by atoms with van der Waals surface area (Å²) in [4.78, 5) is 36.9. The number of hydrogen-bond donors (Lipinski definition) is 2. The van der Waals surface area contributed by atoms with Gasteiger partial charge in [-0.15, -0.1) is 0 Å². The Hall–Kier alpha value is -1.79. The van der Waals surface area contributed by atoms with Crippen molar-refractivity contribution in [3.8, 4) is 0 Å². The lowest BCUT2D eigenvalue weighted by Crippen LogP contribution is -2.58. The monoisotopic (exact) mass is 416 g/mol. The number of aliphatic hydroxyl groups excluding tert-OH is 2. The van der Waals surface area contributed by atoms with Gasteiger partial charge in [-0.3, -0.25) is 14.4 Å². The molecule has 2 fully saturated rings. The van der Waals surface area contributed by atoms with E-state index < -0.39 is 28.5 Å². The number of hydrogen-bond acceptors (Lipinski definition) is 6. The van der Waals surface area contributed by atoms with Gasteiger partial charge in [0.2, 0.25) is 0 Å². The molecule has 6 nitrogen and oxygen atoms in total. The summed E-state index contributed by atoms with van der Waals surface area (Å²) >= 11 is 0. The molecule has 30 heavy (non-hydrogen) atoms. The number of esters is 1. The first-order valence-electron chi connectivity index (χ1n) is 11.0. The van der Waals surface area contributed by atoms with Crippen molar-refractivity contribution in [1.29, 1.82) is 0 Å². The standard InChI is InChI=1S/C24H32O6/c1-13(26)24(30-14(2)27)8-6-18-16-9-15(12-25)19-10-20(28)21(29)11-22(19,3)17(16)5-7-23(18,24)4/h9-10,16-18,21,25,29H,5-8,11-12H2,1-4H3/t16-,17+,18+,21-,22-,23+,24+/m1/s1. The van der Waals surface area contributed by atoms with E-state index >= 15 is 0 Å². The van der Waals surface area contributed by atoms with Crippen LogP contribution in [-0.2, 0) is 19.1 Å². The van der Waals surface area contributed by atoms with Crippen LogP contribution in [0.3, 0.4) is 0 Å². The summed E-state index contributed by atoms with van der Waals surface area (Å²) in [7, 11) is 0. The first kappa shape index (κ1) is 21.4. The normalized spacial score (nSPS) is 44.9. The summed E-state index contributed by atoms with van der Waals surface area (Å²) in [5.41, 5.74) is -0.406. The second kappa shape index (κ2) is 6.86. The molecule has 2 N–H and O–H groups in total. The van der Waals surface area contributed by atoms with Crippen molar-refractivity contribution in [2.24, 2.45) is 28.6 Å². The van der Waals surface area contributed by atoms with E-state index in [1.54, 1.807) is 0 Å². The summed E-state index contributed by atoms with van der Waals surface area (Å²) in [5, 5.41) is 20.4. The fourth-order valence-electron chi connectivity index (χ4n) is 7.52. The molecule has 0 bridgehead atoms. The van der Waals surface area contributed by atoms with Gasteiger partial charge in [-0.25, -0.2) is 0 Å². The van der Waals surface area contributed by atoms with Crippen LogP contribution < -0.4 is 0 Å². The number of ketones is 2. The number of aliphatic hydroxyl groups is 2. The Balaban J connectivity index is 1.82. The van der Waals surface area contributed by atoms with Gasteiger partial charge in [-0.05, 0) is 79.4 Å². The predicted molar refractivity (Wildman–Crippen MR) is 109 cm³/mol. The molecular weight excluding hydrogens is 384 g/mol. The van der Waals surface area contributed by atoms with Crippen LogP contribution in [0, 0.1) is 28.6 Å². The van der Waals surface area contributed by atoms with Crippen molar-refractivity contribution >= 4 is 17.5 Å². The van der Waals surface area contributed by atoms with Crippen molar-refractivity contribution in [3.63, 3.8) is 0 Å². The average Bonchev–Trinajstić information content (AvgIpc) is 2.96. The zero-order valence-electron chi connectivity index (χ0n) is 18.2. The second-order valence-electron chi connectivity index (χ2n) is 10.2. The lowest BCUT2D eigenvalue weighted by Gasteiger charge is -2.58. The average molecular weight is 417 g/mol. The molecule has 4 aliphatic rings. The lowest BCUT2D eigenvalue weighted by molar-refractivity contribution is -0.185. The fraction of sp³-hybridized carbons (Fsp3) is 0.708. The molecule has 4 rings (SSSR count). The predicted octanol–water partition coefficient (Wildman–Crippen LogP) is 2.52. The topological polar surface area (TPSA) is 101 Å². The van der Waals surface area contributed by atoms with E-state index in [1.807, 2.05) is 0 Å². The molecule has 0 aromatic heterocycles. The number of Topliss-reactive ketones (excluding diaryl/α,β-unsaturated/α-hetero) is 1. The Morgan fingerprint density at radius 2 is 1.83 bits per heavy atom. The van der Waals surface area contributed by atoms with Gasteiger partial charge in [0.15, 0.2) is 17.2 Å². The highest BCUT2D eigenvalue weighted by molar-refractivity contribution is 5.96. The highest BCUT2D eigenvalue weighted by Gasteiger charge is 2.67. The van der Waals surface area contributed by atoms with Crippen LogP contribution in [-0.4, -0.2) is 46.1 Å². The molecule has 0 unspecified atom stereocenters. The van der Waals surface area contributed by atoms with E-state index in [9.17, 15) is 24.6 Å². The Bertz CT molecular complexity index is 871. The van der Waals surface area contributed by atoms with Gasteiger partial charge in [0.25, 0.3) is 0 Å². The van der Waals surface area contributed by atoms with E-state index in [2.05, 4.69) is 19.9 Å². The highest BCUT2D eigenvalue weighted by atomic mass is 16.6. The largest absolute Gasteiger partial charge is 0.451 e. The SMILES string of the molecule is CC(=O)O[C@]1(C(C)=O)CC[C@H]2[C@@H]3C=C(CO)C4=CC(=O)[C@H](O)C[C@]4(C)[C@H]3CC[C@@]21C. The molecule has 0 aliphatic heterocycles. The quantitative estimate of drug-likeness (QED) is 0.686. The Morgan fingerprint density at radius 1 is 1.17 bits per heavy atom. The lowest BCUT2D eigenvalue weighted by atomic mass is 9.46. The maximum atomic E-state index is 12.8. The van der Waals surface area contributed by atoms with Crippen molar-refractivity contribution in [2.75, 3.05) is 6.61 Å². The molecule has 0 spiro atoms. The third-order valence-corrected chi connectivity index (χ3v) is 8.91. The number of carbonyl (C=O) groups is 3.